The molecule has 10 unspecified atom stereocenters. The number of carboxylic acid groups (broad SMARTS) is 8. The number of carbonyl (C=O) groups excluding carboxylic acids is 8. The van der Waals surface area contributed by atoms with Gasteiger partial charge in [0, 0.05) is 47.8 Å². The third-order valence-corrected chi connectivity index (χ3v) is 10.6. The zero-order chi connectivity index (χ0) is 42.0. The molecule has 0 bridgehead atoms. The number of hydrogen-bond acceptors (Lipinski definition) is 18. The summed E-state index contributed by atoms with van der Waals surface area (Å²) in [6.45, 7) is 5.61. The van der Waals surface area contributed by atoms with Gasteiger partial charge in [0.2, 0.25) is 0 Å². The maximum absolute atomic E-state index is 12.2. The van der Waals surface area contributed by atoms with Crippen molar-refractivity contribution < 1.29 is 89.4 Å². The molecule has 0 aromatic rings. The number of aliphatic hydroxyl groups excluding tert-OH is 2. The van der Waals surface area contributed by atoms with Gasteiger partial charge in [0.05, 0.1) is 12.2 Å². The molecule has 0 saturated heterocycles. The average molecular weight is 931 g/mol. The van der Waals surface area contributed by atoms with Gasteiger partial charge >= 0.3 is 151 Å². The van der Waals surface area contributed by atoms with Crippen molar-refractivity contribution in [2.45, 2.75) is 117 Å². The van der Waals surface area contributed by atoms with Crippen LogP contribution >= 0.6 is 0 Å². The van der Waals surface area contributed by atoms with Crippen LogP contribution in [0.25, 0.3) is 0 Å². The topological polar surface area (TPSA) is 362 Å². The average Bonchev–Trinajstić information content (AvgIpc) is 3.08. The molecule has 0 aromatic heterocycles. The van der Waals surface area contributed by atoms with Crippen LogP contribution in [0, 0.1) is 59.2 Å². The van der Waals surface area contributed by atoms with E-state index in [1.54, 1.807) is 0 Å². The molecule has 18 nitrogen and oxygen atoms in total. The van der Waals surface area contributed by atoms with E-state index in [0.717, 1.165) is 0 Å². The summed E-state index contributed by atoms with van der Waals surface area (Å²) in [6.07, 6.45) is -10.9. The van der Waals surface area contributed by atoms with Crippen LogP contribution in [0.4, 0.5) is 0 Å². The summed E-state index contributed by atoms with van der Waals surface area (Å²) in [6, 6.07) is 0. The molecular formula is C36H50Ca4O18. The van der Waals surface area contributed by atoms with Gasteiger partial charge in [-0.05, 0) is 136 Å². The quantitative estimate of drug-likeness (QED) is 0.0610. The van der Waals surface area contributed by atoms with Gasteiger partial charge in [-0.2, -0.15) is 0 Å². The molecule has 22 heteroatoms. The van der Waals surface area contributed by atoms with Crippen molar-refractivity contribution in [3.63, 3.8) is 0 Å². The SMILES string of the molecule is CCC(CC(CC(CC(CC(CC)C(=O)[O-])C(=O)[O-])C(O)C(O)C(CC(CC(CC)C(=O)[O-])C(=O)[O-])CC(CC(CC)C(=O)[O-])C(=O)[O-])C(=O)[O-])C(=O)[O-].[Ca+2].[Ca+2].[Ca+2].[Ca+2]. The molecule has 0 heterocycles. The summed E-state index contributed by atoms with van der Waals surface area (Å²) in [5.41, 5.74) is 0. The fraction of sp³-hybridized carbons (Fsp3) is 0.778. The van der Waals surface area contributed by atoms with Crippen LogP contribution in [-0.2, 0) is 38.4 Å². The Morgan fingerprint density at radius 1 is 0.310 bits per heavy atom. The molecule has 0 spiro atoms. The Morgan fingerprint density at radius 3 is 0.552 bits per heavy atom. The molecular weight excluding hydrogens is 881 g/mol. The van der Waals surface area contributed by atoms with Crippen molar-refractivity contribution in [3.05, 3.63) is 0 Å². The molecule has 10 atom stereocenters. The summed E-state index contributed by atoms with van der Waals surface area (Å²) in [5, 5.41) is 119. The Kier molecular flexibility index (Phi) is 41.0. The van der Waals surface area contributed by atoms with Gasteiger partial charge < -0.3 is 89.4 Å². The summed E-state index contributed by atoms with van der Waals surface area (Å²) < 4.78 is 0. The van der Waals surface area contributed by atoms with Crippen LogP contribution in [0.3, 0.4) is 0 Å². The second-order valence-electron chi connectivity index (χ2n) is 14.1. The van der Waals surface area contributed by atoms with Gasteiger partial charge in [0.1, 0.15) is 0 Å². The second kappa shape index (κ2) is 35.1. The summed E-state index contributed by atoms with van der Waals surface area (Å²) in [5.74, 6) is -29.8. The van der Waals surface area contributed by atoms with E-state index in [-0.39, 0.29) is 177 Å². The second-order valence-corrected chi connectivity index (χ2v) is 14.1. The van der Waals surface area contributed by atoms with E-state index in [1.807, 2.05) is 0 Å². The van der Waals surface area contributed by atoms with E-state index in [4.69, 9.17) is 0 Å². The van der Waals surface area contributed by atoms with E-state index in [0.29, 0.717) is 0 Å². The van der Waals surface area contributed by atoms with Crippen molar-refractivity contribution in [2.24, 2.45) is 59.2 Å². The summed E-state index contributed by atoms with van der Waals surface area (Å²) >= 11 is 0. The minimum absolute atomic E-state index is 0. The van der Waals surface area contributed by atoms with Crippen molar-refractivity contribution in [3.8, 4) is 0 Å². The summed E-state index contributed by atoms with van der Waals surface area (Å²) in [7, 11) is 0. The molecule has 0 fully saturated rings. The zero-order valence-corrected chi connectivity index (χ0v) is 42.5. The molecule has 0 radical (unpaired) electrons. The molecule has 0 aliphatic heterocycles. The molecule has 0 aliphatic rings. The fourth-order valence-corrected chi connectivity index (χ4v) is 7.02. The summed E-state index contributed by atoms with van der Waals surface area (Å²) in [4.78, 5) is 95.5. The van der Waals surface area contributed by atoms with E-state index in [9.17, 15) is 89.4 Å². The molecule has 0 rings (SSSR count). The molecule has 0 amide bonds. The number of carbonyl (C=O) groups is 8. The molecule has 310 valence electrons. The molecule has 58 heavy (non-hydrogen) atoms. The largest absolute Gasteiger partial charge is 2.00 e. The first-order valence-corrected chi connectivity index (χ1v) is 18.1. The monoisotopic (exact) mass is 930 g/mol. The first-order valence-electron chi connectivity index (χ1n) is 18.1. The van der Waals surface area contributed by atoms with Crippen molar-refractivity contribution in [1.82, 2.24) is 0 Å². The van der Waals surface area contributed by atoms with Gasteiger partial charge in [0.25, 0.3) is 0 Å². The van der Waals surface area contributed by atoms with Crippen molar-refractivity contribution in [1.29, 1.82) is 0 Å². The zero-order valence-electron chi connectivity index (χ0n) is 33.7. The fourth-order valence-electron chi connectivity index (χ4n) is 7.02. The minimum atomic E-state index is -2.28. The normalized spacial score (nSPS) is 17.0. The molecule has 2 N–H and O–H groups in total. The van der Waals surface area contributed by atoms with Crippen LogP contribution < -0.4 is 40.9 Å². The van der Waals surface area contributed by atoms with Crippen molar-refractivity contribution >= 4 is 199 Å². The Labute approximate surface area is 457 Å². The van der Waals surface area contributed by atoms with Gasteiger partial charge in [-0.25, -0.2) is 0 Å². The van der Waals surface area contributed by atoms with Crippen LogP contribution in [0.15, 0.2) is 0 Å². The number of aliphatic carboxylic acids is 8. The third-order valence-electron chi connectivity index (χ3n) is 10.6. The van der Waals surface area contributed by atoms with Gasteiger partial charge in [-0.1, -0.05) is 27.7 Å². The van der Waals surface area contributed by atoms with Gasteiger partial charge in [-0.15, -0.1) is 0 Å². The van der Waals surface area contributed by atoms with Crippen LogP contribution in [0.2, 0.25) is 0 Å². The number of carboxylic acids is 8. The minimum Gasteiger partial charge on any atom is -0.550 e. The first-order chi connectivity index (χ1) is 25.1. The molecule has 0 aliphatic carbocycles. The van der Waals surface area contributed by atoms with Crippen LogP contribution in [0.1, 0.15) is 105 Å². The Morgan fingerprint density at radius 2 is 0.448 bits per heavy atom. The maximum Gasteiger partial charge on any atom is 2.00 e. The van der Waals surface area contributed by atoms with Gasteiger partial charge in [0.15, 0.2) is 0 Å². The van der Waals surface area contributed by atoms with E-state index < -0.39 is 171 Å². The first kappa shape index (κ1) is 67.8. The number of aliphatic hydroxyl groups is 2. The Hall–Kier alpha value is 0.719. The molecule has 0 aromatic carbocycles. The number of hydrogen-bond donors (Lipinski definition) is 2. The Balaban J connectivity index is -0.00000234. The van der Waals surface area contributed by atoms with E-state index in [1.165, 1.54) is 27.7 Å². The van der Waals surface area contributed by atoms with E-state index in [2.05, 4.69) is 0 Å². The van der Waals surface area contributed by atoms with E-state index >= 15 is 0 Å². The van der Waals surface area contributed by atoms with Crippen LogP contribution in [-0.4, -0.2) is 221 Å². The number of rotatable bonds is 31. The smallest absolute Gasteiger partial charge is 0.550 e. The molecule has 0 saturated carbocycles. The standard InChI is InChI=1S/C36H58O18.4Ca/c1-5-17(29(39)40)9-23(33(47)48)13-21(14-24(34(49)50)10-18(6-2)30(41)42)27(37)28(38)22(15-25(35(51)52)11-19(7-3)31(43)44)16-26(36(53)54)12-20(8-4)32(45)46;;;;/h17-28,37-38H,5-16H2,1-4H3,(H,39,40)(H,41,42)(H,43,44)(H,45,46)(H,47,48)(H,49,50)(H,51,52)(H,53,54);;;;/q;4*+2/p-8. The predicted octanol–water partition coefficient (Wildman–Crippen LogP) is -8.89. The van der Waals surface area contributed by atoms with Gasteiger partial charge in [-0.3, -0.25) is 0 Å². The predicted molar refractivity (Wildman–Crippen MR) is 188 cm³/mol. The van der Waals surface area contributed by atoms with Crippen molar-refractivity contribution in [2.75, 3.05) is 0 Å². The Bertz CT molecular complexity index is 1120. The third kappa shape index (κ3) is 24.5. The van der Waals surface area contributed by atoms with Crippen LogP contribution in [0.5, 0.6) is 0 Å². The maximum atomic E-state index is 12.2.